The predicted octanol–water partition coefficient (Wildman–Crippen LogP) is 3.72. The monoisotopic (exact) mass is 306 g/mol. The van der Waals surface area contributed by atoms with Crippen LogP contribution in [0.2, 0.25) is 0 Å². The molecular weight excluding hydrogens is 284 g/mol. The van der Waals surface area contributed by atoms with Gasteiger partial charge in [0.1, 0.15) is 5.52 Å². The standard InChI is InChI=1S/C19H22N4/c1-2-6-16(7-3-1)8-4-9-17-10-5-12-23(17)19-18-14-20-15-22(18)13-11-21-19/h1-3,6-7,11,13-15,17H,4-5,8-10,12H2. The summed E-state index contributed by atoms with van der Waals surface area (Å²) in [6.07, 6.45) is 13.8. The fourth-order valence-electron chi connectivity index (χ4n) is 3.66. The van der Waals surface area contributed by atoms with E-state index in [9.17, 15) is 0 Å². The van der Waals surface area contributed by atoms with Crippen LogP contribution in [0.5, 0.6) is 0 Å². The summed E-state index contributed by atoms with van der Waals surface area (Å²) in [5.74, 6) is 1.09. The molecule has 1 saturated heterocycles. The maximum absolute atomic E-state index is 4.64. The van der Waals surface area contributed by atoms with Crippen LogP contribution >= 0.6 is 0 Å². The van der Waals surface area contributed by atoms with Crippen molar-refractivity contribution in [3.8, 4) is 0 Å². The largest absolute Gasteiger partial charge is 0.352 e. The second-order valence-electron chi connectivity index (χ2n) is 6.30. The normalized spacial score (nSPS) is 17.9. The highest BCUT2D eigenvalue weighted by Gasteiger charge is 2.26. The van der Waals surface area contributed by atoms with Crippen LogP contribution in [-0.2, 0) is 6.42 Å². The van der Waals surface area contributed by atoms with Crippen molar-refractivity contribution in [3.05, 3.63) is 60.8 Å². The van der Waals surface area contributed by atoms with Crippen LogP contribution in [0.15, 0.2) is 55.2 Å². The molecule has 118 valence electrons. The van der Waals surface area contributed by atoms with Crippen molar-refractivity contribution in [2.75, 3.05) is 11.4 Å². The number of rotatable bonds is 5. The second-order valence-corrected chi connectivity index (χ2v) is 6.30. The summed E-state index contributed by atoms with van der Waals surface area (Å²) >= 11 is 0. The number of hydrogen-bond donors (Lipinski definition) is 0. The lowest BCUT2D eigenvalue weighted by atomic mass is 10.0. The van der Waals surface area contributed by atoms with E-state index in [0.717, 1.165) is 24.3 Å². The Morgan fingerprint density at radius 2 is 2.09 bits per heavy atom. The van der Waals surface area contributed by atoms with Gasteiger partial charge in [-0.05, 0) is 37.7 Å². The fourth-order valence-corrected chi connectivity index (χ4v) is 3.66. The third-order valence-corrected chi connectivity index (χ3v) is 4.81. The van der Waals surface area contributed by atoms with Crippen molar-refractivity contribution in [1.29, 1.82) is 0 Å². The summed E-state index contributed by atoms with van der Waals surface area (Å²) in [7, 11) is 0. The number of aromatic nitrogens is 3. The van der Waals surface area contributed by atoms with E-state index < -0.39 is 0 Å². The van der Waals surface area contributed by atoms with Crippen molar-refractivity contribution >= 4 is 11.3 Å². The summed E-state index contributed by atoms with van der Waals surface area (Å²) in [4.78, 5) is 11.4. The molecule has 1 aromatic carbocycles. The predicted molar refractivity (Wildman–Crippen MR) is 92.7 cm³/mol. The number of nitrogens with zero attached hydrogens (tertiary/aromatic N) is 4. The molecule has 0 bridgehead atoms. The SMILES string of the molecule is c1ccc(CCCC2CCCN2c2nccn3cncc23)cc1. The number of imidazole rings is 1. The zero-order valence-corrected chi connectivity index (χ0v) is 13.3. The molecule has 4 heteroatoms. The Hall–Kier alpha value is -2.36. The van der Waals surface area contributed by atoms with Gasteiger partial charge in [0, 0.05) is 25.0 Å². The maximum atomic E-state index is 4.64. The Labute approximate surface area is 136 Å². The lowest BCUT2D eigenvalue weighted by Gasteiger charge is -2.26. The first-order valence-electron chi connectivity index (χ1n) is 8.49. The summed E-state index contributed by atoms with van der Waals surface area (Å²) in [6, 6.07) is 11.4. The van der Waals surface area contributed by atoms with Gasteiger partial charge in [-0.2, -0.15) is 0 Å². The van der Waals surface area contributed by atoms with Crippen LogP contribution in [0, 0.1) is 0 Å². The van der Waals surface area contributed by atoms with Crippen molar-refractivity contribution in [2.45, 2.75) is 38.1 Å². The molecule has 0 radical (unpaired) electrons. The molecule has 2 aromatic heterocycles. The van der Waals surface area contributed by atoms with Gasteiger partial charge in [0.15, 0.2) is 5.82 Å². The van der Waals surface area contributed by atoms with Crippen LogP contribution < -0.4 is 4.90 Å². The van der Waals surface area contributed by atoms with E-state index in [4.69, 9.17) is 0 Å². The topological polar surface area (TPSA) is 33.4 Å². The zero-order chi connectivity index (χ0) is 15.5. The molecule has 0 spiro atoms. The van der Waals surface area contributed by atoms with Crippen LogP contribution in [0.25, 0.3) is 5.52 Å². The summed E-state index contributed by atoms with van der Waals surface area (Å²) < 4.78 is 2.06. The van der Waals surface area contributed by atoms with E-state index in [1.54, 1.807) is 0 Å². The minimum atomic E-state index is 0.604. The molecule has 0 amide bonds. The number of benzene rings is 1. The highest BCUT2D eigenvalue weighted by atomic mass is 15.2. The van der Waals surface area contributed by atoms with Gasteiger partial charge in [-0.25, -0.2) is 9.97 Å². The molecule has 1 atom stereocenters. The van der Waals surface area contributed by atoms with E-state index in [1.165, 1.54) is 31.2 Å². The minimum Gasteiger partial charge on any atom is -0.352 e. The Kier molecular flexibility index (Phi) is 3.97. The molecule has 0 N–H and O–H groups in total. The third kappa shape index (κ3) is 2.93. The van der Waals surface area contributed by atoms with Crippen LogP contribution in [0.3, 0.4) is 0 Å². The second kappa shape index (κ2) is 6.41. The lowest BCUT2D eigenvalue weighted by Crippen LogP contribution is -2.30. The van der Waals surface area contributed by atoms with Crippen molar-refractivity contribution in [1.82, 2.24) is 14.4 Å². The molecule has 4 rings (SSSR count). The van der Waals surface area contributed by atoms with Crippen LogP contribution in [0.4, 0.5) is 5.82 Å². The number of aryl methyl sites for hydroxylation is 1. The van der Waals surface area contributed by atoms with Crippen LogP contribution in [0.1, 0.15) is 31.2 Å². The zero-order valence-electron chi connectivity index (χ0n) is 13.3. The molecule has 23 heavy (non-hydrogen) atoms. The van der Waals surface area contributed by atoms with E-state index in [0.29, 0.717) is 6.04 Å². The Morgan fingerprint density at radius 3 is 3.00 bits per heavy atom. The summed E-state index contributed by atoms with van der Waals surface area (Å²) in [5.41, 5.74) is 2.55. The minimum absolute atomic E-state index is 0.604. The highest BCUT2D eigenvalue weighted by molar-refractivity contribution is 5.68. The molecule has 1 fully saturated rings. The molecular formula is C19H22N4. The fraction of sp³-hybridized carbons (Fsp3) is 0.368. The van der Waals surface area contributed by atoms with Crippen molar-refractivity contribution in [3.63, 3.8) is 0 Å². The molecule has 3 aromatic rings. The van der Waals surface area contributed by atoms with Gasteiger partial charge in [-0.15, -0.1) is 0 Å². The maximum Gasteiger partial charge on any atom is 0.154 e. The molecule has 1 unspecified atom stereocenters. The number of anilines is 1. The number of fused-ring (bicyclic) bond motifs is 1. The first-order valence-corrected chi connectivity index (χ1v) is 8.49. The molecule has 0 saturated carbocycles. The summed E-state index contributed by atoms with van der Waals surface area (Å²) in [6.45, 7) is 1.11. The van der Waals surface area contributed by atoms with Gasteiger partial charge in [-0.1, -0.05) is 30.3 Å². The van der Waals surface area contributed by atoms with E-state index >= 15 is 0 Å². The van der Waals surface area contributed by atoms with E-state index in [2.05, 4.69) is 49.6 Å². The average molecular weight is 306 g/mol. The third-order valence-electron chi connectivity index (χ3n) is 4.81. The number of hydrogen-bond acceptors (Lipinski definition) is 3. The van der Waals surface area contributed by atoms with Gasteiger partial charge in [0.05, 0.1) is 12.5 Å². The van der Waals surface area contributed by atoms with Gasteiger partial charge < -0.3 is 9.30 Å². The Balaban J connectivity index is 1.45. The van der Waals surface area contributed by atoms with Gasteiger partial charge in [0.25, 0.3) is 0 Å². The quantitative estimate of drug-likeness (QED) is 0.720. The average Bonchev–Trinajstić information content (AvgIpc) is 3.24. The van der Waals surface area contributed by atoms with Gasteiger partial charge in [-0.3, -0.25) is 0 Å². The Morgan fingerprint density at radius 1 is 1.17 bits per heavy atom. The van der Waals surface area contributed by atoms with Gasteiger partial charge >= 0.3 is 0 Å². The first-order chi connectivity index (χ1) is 11.4. The van der Waals surface area contributed by atoms with E-state index in [-0.39, 0.29) is 0 Å². The molecule has 4 nitrogen and oxygen atoms in total. The molecule has 1 aliphatic rings. The molecule has 1 aliphatic heterocycles. The molecule has 3 heterocycles. The van der Waals surface area contributed by atoms with Crippen LogP contribution in [-0.4, -0.2) is 27.0 Å². The molecule has 0 aliphatic carbocycles. The van der Waals surface area contributed by atoms with Crippen molar-refractivity contribution < 1.29 is 0 Å². The summed E-state index contributed by atoms with van der Waals surface area (Å²) in [5, 5.41) is 0. The van der Waals surface area contributed by atoms with E-state index in [1.807, 2.05) is 24.9 Å². The Bertz CT molecular complexity index is 765. The lowest BCUT2D eigenvalue weighted by molar-refractivity contribution is 0.577. The highest BCUT2D eigenvalue weighted by Crippen LogP contribution is 2.29. The van der Waals surface area contributed by atoms with Crippen molar-refractivity contribution in [2.24, 2.45) is 0 Å². The van der Waals surface area contributed by atoms with Gasteiger partial charge in [0.2, 0.25) is 0 Å². The smallest absolute Gasteiger partial charge is 0.154 e. The first kappa shape index (κ1) is 14.2.